The normalized spacial score (nSPS) is 11.4. The van der Waals surface area contributed by atoms with Gasteiger partial charge >= 0.3 is 0 Å². The molecule has 0 aliphatic heterocycles. The maximum atomic E-state index is 12.9. The van der Waals surface area contributed by atoms with Gasteiger partial charge in [0.25, 0.3) is 5.91 Å². The van der Waals surface area contributed by atoms with E-state index in [9.17, 15) is 18.8 Å². The Kier molecular flexibility index (Phi) is 6.64. The molecule has 8 heteroatoms. The summed E-state index contributed by atoms with van der Waals surface area (Å²) in [4.78, 5) is 35.7. The highest BCUT2D eigenvalue weighted by Gasteiger charge is 2.12. The number of amides is 3. The fraction of sp³-hybridized carbons (Fsp3) is 0.235. The lowest BCUT2D eigenvalue weighted by atomic mass is 10.1. The van der Waals surface area contributed by atoms with Crippen LogP contribution in [0.4, 0.5) is 4.39 Å². The van der Waals surface area contributed by atoms with Gasteiger partial charge in [0, 0.05) is 0 Å². The molecule has 2 rings (SSSR count). The zero-order valence-electron chi connectivity index (χ0n) is 13.5. The molecule has 0 bridgehead atoms. The standard InChI is InChI=1S/C17H18FN3O3S/c1-11(12-4-6-13(18)7-5-12)21-16(23)10-19-15(22)9-20-17(24)14-3-2-8-25-14/h2-8,11H,9-10H2,1H3,(H,19,22)(H,20,24)(H,21,23)/t11-/m1/s1. The molecule has 0 aliphatic rings. The third-order valence-electron chi connectivity index (χ3n) is 3.35. The Bertz CT molecular complexity index is 732. The second-order valence-electron chi connectivity index (χ2n) is 5.28. The number of hydrogen-bond donors (Lipinski definition) is 3. The van der Waals surface area contributed by atoms with Crippen molar-refractivity contribution < 1.29 is 18.8 Å². The van der Waals surface area contributed by atoms with Crippen LogP contribution in [-0.2, 0) is 9.59 Å². The van der Waals surface area contributed by atoms with Crippen LogP contribution in [0.1, 0.15) is 28.2 Å². The smallest absolute Gasteiger partial charge is 0.261 e. The van der Waals surface area contributed by atoms with Crippen molar-refractivity contribution >= 4 is 29.1 Å². The highest BCUT2D eigenvalue weighted by atomic mass is 32.1. The Balaban J connectivity index is 1.69. The number of carbonyl (C=O) groups is 3. The fourth-order valence-electron chi connectivity index (χ4n) is 2.02. The van der Waals surface area contributed by atoms with Gasteiger partial charge in [0.05, 0.1) is 24.0 Å². The molecule has 6 nitrogen and oxygen atoms in total. The van der Waals surface area contributed by atoms with Crippen molar-refractivity contribution in [3.63, 3.8) is 0 Å². The Morgan fingerprint density at radius 1 is 1.04 bits per heavy atom. The third kappa shape index (κ3) is 6.00. The summed E-state index contributed by atoms with van der Waals surface area (Å²) in [5, 5.41) is 9.36. The number of rotatable bonds is 7. The number of hydrogen-bond acceptors (Lipinski definition) is 4. The van der Waals surface area contributed by atoms with Crippen LogP contribution in [0.5, 0.6) is 0 Å². The molecule has 1 aromatic heterocycles. The van der Waals surface area contributed by atoms with Crippen LogP contribution in [0.15, 0.2) is 41.8 Å². The van der Waals surface area contributed by atoms with Crippen LogP contribution in [0.2, 0.25) is 0 Å². The number of benzene rings is 1. The molecule has 0 unspecified atom stereocenters. The molecule has 0 spiro atoms. The van der Waals surface area contributed by atoms with Crippen LogP contribution in [0.3, 0.4) is 0 Å². The molecule has 0 radical (unpaired) electrons. The molecular weight excluding hydrogens is 345 g/mol. The molecule has 0 aliphatic carbocycles. The van der Waals surface area contributed by atoms with Crippen LogP contribution < -0.4 is 16.0 Å². The highest BCUT2D eigenvalue weighted by molar-refractivity contribution is 7.12. The lowest BCUT2D eigenvalue weighted by Crippen LogP contribution is -2.42. The zero-order chi connectivity index (χ0) is 18.2. The number of nitrogens with one attached hydrogen (secondary N) is 3. The Hall–Kier alpha value is -2.74. The van der Waals surface area contributed by atoms with Gasteiger partial charge in [-0.3, -0.25) is 14.4 Å². The maximum Gasteiger partial charge on any atom is 0.261 e. The van der Waals surface area contributed by atoms with Gasteiger partial charge in [0.2, 0.25) is 11.8 Å². The summed E-state index contributed by atoms with van der Waals surface area (Å²) in [6, 6.07) is 8.88. The summed E-state index contributed by atoms with van der Waals surface area (Å²) in [7, 11) is 0. The summed E-state index contributed by atoms with van der Waals surface area (Å²) >= 11 is 1.28. The molecule has 25 heavy (non-hydrogen) atoms. The SMILES string of the molecule is C[C@@H](NC(=O)CNC(=O)CNC(=O)c1cccs1)c1ccc(F)cc1. The number of carbonyl (C=O) groups excluding carboxylic acids is 3. The molecule has 132 valence electrons. The summed E-state index contributed by atoms with van der Waals surface area (Å²) in [5.41, 5.74) is 0.754. The number of halogens is 1. The molecule has 3 N–H and O–H groups in total. The van der Waals surface area contributed by atoms with Crippen molar-refractivity contribution in [2.45, 2.75) is 13.0 Å². The fourth-order valence-corrected chi connectivity index (χ4v) is 2.66. The molecule has 1 heterocycles. The highest BCUT2D eigenvalue weighted by Crippen LogP contribution is 2.12. The zero-order valence-corrected chi connectivity index (χ0v) is 14.4. The Morgan fingerprint density at radius 3 is 2.36 bits per heavy atom. The first-order chi connectivity index (χ1) is 12.0. The molecule has 2 aromatic rings. The van der Waals surface area contributed by atoms with Crippen LogP contribution in [-0.4, -0.2) is 30.8 Å². The predicted molar refractivity (Wildman–Crippen MR) is 92.6 cm³/mol. The minimum Gasteiger partial charge on any atom is -0.348 e. The minimum absolute atomic E-state index is 0.209. The van der Waals surface area contributed by atoms with E-state index in [0.29, 0.717) is 4.88 Å². The molecule has 1 aromatic carbocycles. The average Bonchev–Trinajstić information content (AvgIpc) is 3.13. The van der Waals surface area contributed by atoms with Gasteiger partial charge in [-0.15, -0.1) is 11.3 Å². The van der Waals surface area contributed by atoms with Gasteiger partial charge in [-0.25, -0.2) is 4.39 Å². The summed E-state index contributed by atoms with van der Waals surface area (Å²) < 4.78 is 12.9. The van der Waals surface area contributed by atoms with E-state index in [0.717, 1.165) is 5.56 Å². The Labute approximate surface area is 148 Å². The van der Waals surface area contributed by atoms with Gasteiger partial charge in [0.15, 0.2) is 0 Å². The summed E-state index contributed by atoms with van der Waals surface area (Å²) in [6.07, 6.45) is 0. The predicted octanol–water partition coefficient (Wildman–Crippen LogP) is 1.61. The molecule has 1 atom stereocenters. The van der Waals surface area contributed by atoms with E-state index in [2.05, 4.69) is 16.0 Å². The second kappa shape index (κ2) is 8.93. The van der Waals surface area contributed by atoms with E-state index < -0.39 is 5.91 Å². The quantitative estimate of drug-likeness (QED) is 0.698. The molecule has 0 saturated heterocycles. The van der Waals surface area contributed by atoms with Gasteiger partial charge in [-0.05, 0) is 36.1 Å². The minimum atomic E-state index is -0.463. The number of thiophene rings is 1. The van der Waals surface area contributed by atoms with Gasteiger partial charge < -0.3 is 16.0 Å². The van der Waals surface area contributed by atoms with Crippen LogP contribution in [0, 0.1) is 5.82 Å². The first-order valence-corrected chi connectivity index (χ1v) is 8.47. The van der Waals surface area contributed by atoms with Crippen LogP contribution >= 0.6 is 11.3 Å². The topological polar surface area (TPSA) is 87.3 Å². The average molecular weight is 363 g/mol. The lowest BCUT2D eigenvalue weighted by Gasteiger charge is -2.14. The lowest BCUT2D eigenvalue weighted by molar-refractivity contribution is -0.125. The molecule has 0 fully saturated rings. The van der Waals surface area contributed by atoms with E-state index >= 15 is 0 Å². The largest absolute Gasteiger partial charge is 0.348 e. The van der Waals surface area contributed by atoms with Crippen molar-refractivity contribution in [2.24, 2.45) is 0 Å². The van der Waals surface area contributed by atoms with Crippen molar-refractivity contribution in [1.82, 2.24) is 16.0 Å². The van der Waals surface area contributed by atoms with Gasteiger partial charge in [-0.2, -0.15) is 0 Å². The van der Waals surface area contributed by atoms with Crippen LogP contribution in [0.25, 0.3) is 0 Å². The van der Waals surface area contributed by atoms with Gasteiger partial charge in [0.1, 0.15) is 5.82 Å². The van der Waals surface area contributed by atoms with E-state index in [4.69, 9.17) is 0 Å². The maximum absolute atomic E-state index is 12.9. The second-order valence-corrected chi connectivity index (χ2v) is 6.23. The van der Waals surface area contributed by atoms with E-state index in [-0.39, 0.29) is 36.8 Å². The van der Waals surface area contributed by atoms with Crippen molar-refractivity contribution in [3.05, 3.63) is 58.0 Å². The third-order valence-corrected chi connectivity index (χ3v) is 4.22. The van der Waals surface area contributed by atoms with Crippen molar-refractivity contribution in [1.29, 1.82) is 0 Å². The molecule has 3 amide bonds. The van der Waals surface area contributed by atoms with E-state index in [1.807, 2.05) is 0 Å². The van der Waals surface area contributed by atoms with Gasteiger partial charge in [-0.1, -0.05) is 18.2 Å². The van der Waals surface area contributed by atoms with Crippen molar-refractivity contribution in [2.75, 3.05) is 13.1 Å². The Morgan fingerprint density at radius 2 is 1.72 bits per heavy atom. The monoisotopic (exact) mass is 363 g/mol. The first-order valence-electron chi connectivity index (χ1n) is 7.59. The summed E-state index contributed by atoms with van der Waals surface area (Å²) in [5.74, 6) is -1.53. The van der Waals surface area contributed by atoms with E-state index in [1.165, 1.54) is 23.5 Å². The molecule has 0 saturated carbocycles. The molecular formula is C17H18FN3O3S. The summed E-state index contributed by atoms with van der Waals surface area (Å²) in [6.45, 7) is 1.34. The first kappa shape index (κ1) is 18.6. The van der Waals surface area contributed by atoms with E-state index in [1.54, 1.807) is 36.6 Å². The van der Waals surface area contributed by atoms with Crippen molar-refractivity contribution in [3.8, 4) is 0 Å².